The number of halogens is 1. The second-order valence-electron chi connectivity index (χ2n) is 5.05. The molecule has 0 radical (unpaired) electrons. The van der Waals surface area contributed by atoms with Gasteiger partial charge < -0.3 is 4.74 Å². The van der Waals surface area contributed by atoms with Crippen molar-refractivity contribution in [3.05, 3.63) is 57.4 Å². The normalized spacial score (nSPS) is 12.8. The predicted octanol–water partition coefficient (Wildman–Crippen LogP) is 3.63. The van der Waals surface area contributed by atoms with Crippen molar-refractivity contribution >= 4 is 44.6 Å². The molecular formula is C17H17ClN2O4S2. The lowest BCUT2D eigenvalue weighted by molar-refractivity contribution is -0.115. The van der Waals surface area contributed by atoms with Crippen LogP contribution in [-0.4, -0.2) is 27.1 Å². The number of aliphatic imine (C=N–C) groups is 1. The van der Waals surface area contributed by atoms with E-state index in [9.17, 15) is 13.2 Å². The Morgan fingerprint density at radius 1 is 1.31 bits per heavy atom. The molecule has 0 aliphatic heterocycles. The van der Waals surface area contributed by atoms with Gasteiger partial charge >= 0.3 is 0 Å². The number of hydrogen-bond donors (Lipinski definition) is 1. The zero-order valence-corrected chi connectivity index (χ0v) is 16.7. The smallest absolute Gasteiger partial charge is 0.283 e. The maximum absolute atomic E-state index is 12.5. The van der Waals surface area contributed by atoms with E-state index in [-0.39, 0.29) is 16.3 Å². The molecule has 0 saturated heterocycles. The zero-order chi connectivity index (χ0) is 19.3. The van der Waals surface area contributed by atoms with Crippen LogP contribution in [0.3, 0.4) is 0 Å². The maximum Gasteiger partial charge on any atom is 0.283 e. The molecule has 0 atom stereocenters. The van der Waals surface area contributed by atoms with Gasteiger partial charge in [0.15, 0.2) is 0 Å². The Morgan fingerprint density at radius 2 is 2.00 bits per heavy atom. The molecule has 2 rings (SSSR count). The molecule has 9 heteroatoms. The van der Waals surface area contributed by atoms with E-state index >= 15 is 0 Å². The van der Waals surface area contributed by atoms with Crippen LogP contribution in [0.2, 0.25) is 5.02 Å². The van der Waals surface area contributed by atoms with Crippen molar-refractivity contribution < 1.29 is 17.9 Å². The van der Waals surface area contributed by atoms with Crippen molar-refractivity contribution in [2.24, 2.45) is 4.99 Å². The number of nitrogens with zero attached hydrogens (tertiary/aromatic N) is 1. The highest BCUT2D eigenvalue weighted by atomic mass is 35.5. The number of carbonyl (C=O) groups excluding carboxylic acids is 1. The first-order valence-corrected chi connectivity index (χ1v) is 10.2. The van der Waals surface area contributed by atoms with Gasteiger partial charge in [-0.1, -0.05) is 29.8 Å². The summed E-state index contributed by atoms with van der Waals surface area (Å²) < 4.78 is 32.1. The van der Waals surface area contributed by atoms with Crippen LogP contribution in [0.5, 0.6) is 5.75 Å². The molecule has 1 N–H and O–H groups in total. The van der Waals surface area contributed by atoms with E-state index in [0.29, 0.717) is 15.6 Å². The zero-order valence-electron chi connectivity index (χ0n) is 14.3. The molecule has 0 saturated carbocycles. The second kappa shape index (κ2) is 8.48. The third-order valence-corrected chi connectivity index (χ3v) is 6.15. The number of ether oxygens (including phenoxy) is 1. The molecule has 26 heavy (non-hydrogen) atoms. The van der Waals surface area contributed by atoms with Gasteiger partial charge in [0.25, 0.3) is 15.9 Å². The van der Waals surface area contributed by atoms with Gasteiger partial charge in [0, 0.05) is 0 Å². The molecule has 0 spiro atoms. The third kappa shape index (κ3) is 4.51. The molecule has 1 amide bonds. The van der Waals surface area contributed by atoms with Gasteiger partial charge in [-0.3, -0.25) is 4.79 Å². The average molecular weight is 413 g/mol. The standard InChI is InChI=1S/C17H17ClN2O4S2/c1-4-13(19-11(2)16-12(18)9-10-25-16)17(21)20-26(22,23)15-8-6-5-7-14(15)24-3/h4-10H,1-3H3,(H,20,21)/b13-4-,19-11?. The molecule has 0 bridgehead atoms. The van der Waals surface area contributed by atoms with Crippen LogP contribution in [0.25, 0.3) is 0 Å². The molecule has 1 heterocycles. The lowest BCUT2D eigenvalue weighted by Crippen LogP contribution is -2.31. The Balaban J connectivity index is 2.28. The molecule has 0 unspecified atom stereocenters. The highest BCUT2D eigenvalue weighted by Gasteiger charge is 2.23. The van der Waals surface area contributed by atoms with Crippen molar-refractivity contribution in [1.29, 1.82) is 0 Å². The number of hydrogen-bond acceptors (Lipinski definition) is 6. The molecule has 1 aromatic heterocycles. The van der Waals surface area contributed by atoms with E-state index < -0.39 is 15.9 Å². The monoisotopic (exact) mass is 412 g/mol. The molecule has 2 aromatic rings. The topological polar surface area (TPSA) is 84.8 Å². The lowest BCUT2D eigenvalue weighted by atomic mass is 10.3. The van der Waals surface area contributed by atoms with Crippen LogP contribution >= 0.6 is 22.9 Å². The van der Waals surface area contributed by atoms with E-state index in [0.717, 1.165) is 0 Å². The van der Waals surface area contributed by atoms with Crippen molar-refractivity contribution in [3.63, 3.8) is 0 Å². The Labute approximate surface area is 161 Å². The maximum atomic E-state index is 12.5. The minimum absolute atomic E-state index is 0.0366. The number of benzene rings is 1. The van der Waals surface area contributed by atoms with Gasteiger partial charge in [0.05, 0.1) is 22.7 Å². The van der Waals surface area contributed by atoms with Gasteiger partial charge in [-0.15, -0.1) is 11.3 Å². The SMILES string of the molecule is C/C=C(\N=C(C)c1sccc1Cl)C(=O)NS(=O)(=O)c1ccccc1OC. The quantitative estimate of drug-likeness (QED) is 0.580. The third-order valence-electron chi connectivity index (χ3n) is 3.33. The minimum atomic E-state index is -4.11. The van der Waals surface area contributed by atoms with Gasteiger partial charge in [-0.05, 0) is 37.4 Å². The first-order chi connectivity index (χ1) is 12.3. The van der Waals surface area contributed by atoms with Crippen molar-refractivity contribution in [2.75, 3.05) is 7.11 Å². The van der Waals surface area contributed by atoms with Gasteiger partial charge in [-0.2, -0.15) is 0 Å². The van der Waals surface area contributed by atoms with Gasteiger partial charge in [-0.25, -0.2) is 18.1 Å². The summed E-state index contributed by atoms with van der Waals surface area (Å²) >= 11 is 7.44. The molecule has 0 fully saturated rings. The number of amides is 1. The Bertz CT molecular complexity index is 978. The van der Waals surface area contributed by atoms with Gasteiger partial charge in [0.1, 0.15) is 16.3 Å². The number of thiophene rings is 1. The van der Waals surface area contributed by atoms with Crippen LogP contribution in [0.1, 0.15) is 18.7 Å². The van der Waals surface area contributed by atoms with E-state index in [1.807, 2.05) is 4.72 Å². The highest BCUT2D eigenvalue weighted by Crippen LogP contribution is 2.24. The van der Waals surface area contributed by atoms with Crippen molar-refractivity contribution in [2.45, 2.75) is 18.7 Å². The minimum Gasteiger partial charge on any atom is -0.495 e. The van der Waals surface area contributed by atoms with E-state index in [2.05, 4.69) is 4.99 Å². The molecular weight excluding hydrogens is 396 g/mol. The van der Waals surface area contributed by atoms with Gasteiger partial charge in [0.2, 0.25) is 0 Å². The summed E-state index contributed by atoms with van der Waals surface area (Å²) in [6.45, 7) is 3.29. The summed E-state index contributed by atoms with van der Waals surface area (Å²) in [4.78, 5) is 17.2. The Kier molecular flexibility index (Phi) is 6.57. The van der Waals surface area contributed by atoms with Crippen LogP contribution < -0.4 is 9.46 Å². The summed E-state index contributed by atoms with van der Waals surface area (Å²) in [5.74, 6) is -0.703. The van der Waals surface area contributed by atoms with E-state index in [1.165, 1.54) is 36.7 Å². The van der Waals surface area contributed by atoms with Crippen molar-refractivity contribution in [1.82, 2.24) is 4.72 Å². The average Bonchev–Trinajstić information content (AvgIpc) is 3.05. The van der Waals surface area contributed by atoms with Crippen molar-refractivity contribution in [3.8, 4) is 5.75 Å². The number of carbonyl (C=O) groups is 1. The highest BCUT2D eigenvalue weighted by molar-refractivity contribution is 7.90. The summed E-state index contributed by atoms with van der Waals surface area (Å²) in [5.41, 5.74) is 0.480. The van der Waals surface area contributed by atoms with E-state index in [1.54, 1.807) is 37.4 Å². The molecule has 0 aliphatic carbocycles. The molecule has 138 valence electrons. The fourth-order valence-electron chi connectivity index (χ4n) is 2.10. The van der Waals surface area contributed by atoms with Crippen LogP contribution in [-0.2, 0) is 14.8 Å². The summed E-state index contributed by atoms with van der Waals surface area (Å²) in [6, 6.07) is 7.75. The Hall–Kier alpha value is -2.16. The Morgan fingerprint density at radius 3 is 2.58 bits per heavy atom. The summed E-state index contributed by atoms with van der Waals surface area (Å²) in [5, 5.41) is 2.33. The van der Waals surface area contributed by atoms with Crippen LogP contribution in [0.4, 0.5) is 0 Å². The summed E-state index contributed by atoms with van der Waals surface area (Å²) in [7, 11) is -2.76. The number of nitrogens with one attached hydrogen (secondary N) is 1. The first kappa shape index (κ1) is 20.2. The van der Waals surface area contributed by atoms with E-state index in [4.69, 9.17) is 16.3 Å². The molecule has 6 nitrogen and oxygen atoms in total. The lowest BCUT2D eigenvalue weighted by Gasteiger charge is -2.11. The molecule has 0 aliphatic rings. The summed E-state index contributed by atoms with van der Waals surface area (Å²) in [6.07, 6.45) is 1.43. The number of methoxy groups -OCH3 is 1. The molecule has 1 aromatic carbocycles. The first-order valence-electron chi connectivity index (χ1n) is 7.45. The number of rotatable bonds is 6. The fraction of sp³-hybridized carbons (Fsp3) is 0.176. The number of sulfonamides is 1. The van der Waals surface area contributed by atoms with Crippen LogP contribution in [0.15, 0.2) is 57.4 Å². The fourth-order valence-corrected chi connectivity index (χ4v) is 4.38. The largest absolute Gasteiger partial charge is 0.495 e. The number of para-hydroxylation sites is 1. The predicted molar refractivity (Wildman–Crippen MR) is 104 cm³/mol. The van der Waals surface area contributed by atoms with Crippen LogP contribution in [0, 0.1) is 0 Å². The number of allylic oxidation sites excluding steroid dienone is 1. The second-order valence-corrected chi connectivity index (χ2v) is 8.03.